The maximum absolute atomic E-state index is 14.0. The Hall–Kier alpha value is -2.35. The van der Waals surface area contributed by atoms with Crippen molar-refractivity contribution in [2.75, 3.05) is 33.2 Å². The highest BCUT2D eigenvalue weighted by Gasteiger charge is 2.22. The van der Waals surface area contributed by atoms with Gasteiger partial charge in [0.05, 0.1) is 5.70 Å². The van der Waals surface area contributed by atoms with Crippen LogP contribution in [0.1, 0.15) is 38.2 Å². The molecule has 2 nitrogen and oxygen atoms in total. The molecule has 2 aliphatic heterocycles. The summed E-state index contributed by atoms with van der Waals surface area (Å²) in [7, 11) is 2.20. The zero-order chi connectivity index (χ0) is 22.2. The average Bonchev–Trinajstić information content (AvgIpc) is 2.77. The largest absolute Gasteiger partial charge is 0.365 e. The first kappa shape index (κ1) is 23.3. The van der Waals surface area contributed by atoms with Gasteiger partial charge in [-0.1, -0.05) is 55.2 Å². The molecule has 0 saturated carbocycles. The fourth-order valence-electron chi connectivity index (χ4n) is 4.76. The molecule has 3 rings (SSSR count). The van der Waals surface area contributed by atoms with E-state index >= 15 is 0 Å². The topological polar surface area (TPSA) is 6.48 Å². The van der Waals surface area contributed by atoms with E-state index < -0.39 is 0 Å². The van der Waals surface area contributed by atoms with Gasteiger partial charge in [-0.05, 0) is 88.2 Å². The van der Waals surface area contributed by atoms with Crippen LogP contribution >= 0.6 is 0 Å². The van der Waals surface area contributed by atoms with Gasteiger partial charge in [0.2, 0.25) is 0 Å². The standard InChI is InChI=1S/C28H37FN2/c1-5-28(23(3)10-8-9-22(2)25-15-17-30(4)18-16-25)31-19-13-24(14-20-31)21-26-11-6-7-12-27(26)29/h6-12,24-25H,1,3,13-21H2,2,4H3/b10-8-,22-9+. The van der Waals surface area contributed by atoms with E-state index in [1.165, 1.54) is 31.5 Å². The molecule has 1 aromatic rings. The number of benzene rings is 1. The average molecular weight is 421 g/mol. The lowest BCUT2D eigenvalue weighted by Crippen LogP contribution is -2.34. The van der Waals surface area contributed by atoms with Gasteiger partial charge >= 0.3 is 0 Å². The predicted octanol–water partition coefficient (Wildman–Crippen LogP) is 6.15. The molecule has 0 N–H and O–H groups in total. The summed E-state index contributed by atoms with van der Waals surface area (Å²) in [5.74, 6) is 1.12. The normalized spacial score (nSPS) is 19.6. The van der Waals surface area contributed by atoms with Crippen molar-refractivity contribution in [3.05, 3.63) is 89.6 Å². The van der Waals surface area contributed by atoms with Crippen LogP contribution in [0.3, 0.4) is 0 Å². The maximum Gasteiger partial charge on any atom is 0.126 e. The van der Waals surface area contributed by atoms with E-state index in [2.05, 4.69) is 60.9 Å². The highest BCUT2D eigenvalue weighted by Crippen LogP contribution is 2.27. The molecule has 0 spiro atoms. The van der Waals surface area contributed by atoms with Gasteiger partial charge in [-0.15, -0.1) is 5.73 Å². The van der Waals surface area contributed by atoms with E-state index in [1.54, 1.807) is 12.1 Å². The summed E-state index contributed by atoms with van der Waals surface area (Å²) >= 11 is 0. The van der Waals surface area contributed by atoms with E-state index in [0.29, 0.717) is 11.8 Å². The van der Waals surface area contributed by atoms with Crippen LogP contribution in [0.25, 0.3) is 0 Å². The van der Waals surface area contributed by atoms with Crippen LogP contribution in [0.2, 0.25) is 0 Å². The van der Waals surface area contributed by atoms with E-state index in [0.717, 1.165) is 49.2 Å². The van der Waals surface area contributed by atoms with Gasteiger partial charge < -0.3 is 9.80 Å². The third-order valence-electron chi connectivity index (χ3n) is 6.89. The molecule has 2 fully saturated rings. The molecule has 166 valence electrons. The molecular weight excluding hydrogens is 383 g/mol. The van der Waals surface area contributed by atoms with Crippen LogP contribution in [0, 0.1) is 17.7 Å². The first-order chi connectivity index (χ1) is 15.0. The second kappa shape index (κ2) is 11.3. The van der Waals surface area contributed by atoms with Gasteiger partial charge in [-0.2, -0.15) is 0 Å². The summed E-state index contributed by atoms with van der Waals surface area (Å²) in [5.41, 5.74) is 7.34. The lowest BCUT2D eigenvalue weighted by Gasteiger charge is -2.34. The Balaban J connectivity index is 1.51. The molecule has 1 aromatic carbocycles. The molecule has 0 unspecified atom stereocenters. The maximum atomic E-state index is 14.0. The van der Waals surface area contributed by atoms with Crippen LogP contribution in [0.15, 0.2) is 78.2 Å². The first-order valence-corrected chi connectivity index (χ1v) is 11.6. The van der Waals surface area contributed by atoms with Crippen molar-refractivity contribution in [3.8, 4) is 0 Å². The number of rotatable bonds is 7. The lowest BCUT2D eigenvalue weighted by atomic mass is 9.89. The second-order valence-corrected chi connectivity index (χ2v) is 9.12. The van der Waals surface area contributed by atoms with Crippen LogP contribution in [0.5, 0.6) is 0 Å². The number of nitrogens with zero attached hydrogens (tertiary/aromatic N) is 2. The zero-order valence-corrected chi connectivity index (χ0v) is 19.2. The fraction of sp³-hybridized carbons (Fsp3) is 0.464. The quantitative estimate of drug-likeness (QED) is 0.386. The summed E-state index contributed by atoms with van der Waals surface area (Å²) in [5, 5.41) is 0. The second-order valence-electron chi connectivity index (χ2n) is 9.12. The van der Waals surface area contributed by atoms with Crippen molar-refractivity contribution >= 4 is 0 Å². The van der Waals surface area contributed by atoms with Gasteiger partial charge in [0.15, 0.2) is 0 Å². The minimum Gasteiger partial charge on any atom is -0.365 e. The third-order valence-corrected chi connectivity index (χ3v) is 6.89. The summed E-state index contributed by atoms with van der Waals surface area (Å²) in [4.78, 5) is 4.73. The fourth-order valence-corrected chi connectivity index (χ4v) is 4.76. The molecule has 0 bridgehead atoms. The number of hydrogen-bond acceptors (Lipinski definition) is 2. The Morgan fingerprint density at radius 1 is 1.13 bits per heavy atom. The number of halogens is 1. The summed E-state index contributed by atoms with van der Waals surface area (Å²) < 4.78 is 14.0. The number of likely N-dealkylation sites (tertiary alicyclic amines) is 2. The zero-order valence-electron chi connectivity index (χ0n) is 19.2. The smallest absolute Gasteiger partial charge is 0.126 e. The Kier molecular flexibility index (Phi) is 8.51. The highest BCUT2D eigenvalue weighted by atomic mass is 19.1. The van der Waals surface area contributed by atoms with Gasteiger partial charge in [-0.3, -0.25) is 0 Å². The van der Waals surface area contributed by atoms with Crippen LogP contribution < -0.4 is 0 Å². The molecule has 0 aromatic heterocycles. The molecule has 2 heterocycles. The summed E-state index contributed by atoms with van der Waals surface area (Å²) in [6.45, 7) is 14.7. The van der Waals surface area contributed by atoms with Gasteiger partial charge in [0.1, 0.15) is 5.82 Å². The van der Waals surface area contributed by atoms with Gasteiger partial charge in [-0.25, -0.2) is 4.39 Å². The first-order valence-electron chi connectivity index (χ1n) is 11.6. The molecule has 31 heavy (non-hydrogen) atoms. The minimum absolute atomic E-state index is 0.0845. The van der Waals surface area contributed by atoms with E-state index in [1.807, 2.05) is 12.1 Å². The summed E-state index contributed by atoms with van der Waals surface area (Å²) in [6.07, 6.45) is 11.8. The van der Waals surface area contributed by atoms with Crippen molar-refractivity contribution in [1.29, 1.82) is 0 Å². The minimum atomic E-state index is -0.0845. The monoisotopic (exact) mass is 420 g/mol. The van der Waals surface area contributed by atoms with Crippen molar-refractivity contribution in [3.63, 3.8) is 0 Å². The van der Waals surface area contributed by atoms with Crippen molar-refractivity contribution in [1.82, 2.24) is 9.80 Å². The third kappa shape index (κ3) is 6.56. The molecule has 0 atom stereocenters. The van der Waals surface area contributed by atoms with E-state index in [9.17, 15) is 4.39 Å². The van der Waals surface area contributed by atoms with Crippen LogP contribution in [-0.2, 0) is 6.42 Å². The molecule has 0 aliphatic carbocycles. The van der Waals surface area contributed by atoms with E-state index in [-0.39, 0.29) is 5.82 Å². The molecule has 2 saturated heterocycles. The molecular formula is C28H37FN2. The van der Waals surface area contributed by atoms with Crippen molar-refractivity contribution < 1.29 is 4.39 Å². The van der Waals surface area contributed by atoms with Crippen LogP contribution in [-0.4, -0.2) is 43.0 Å². The molecule has 2 aliphatic rings. The van der Waals surface area contributed by atoms with Crippen LogP contribution in [0.4, 0.5) is 4.39 Å². The van der Waals surface area contributed by atoms with Gasteiger partial charge in [0, 0.05) is 13.1 Å². The Bertz CT molecular complexity index is 859. The molecule has 3 heteroatoms. The van der Waals surface area contributed by atoms with Gasteiger partial charge in [0.25, 0.3) is 0 Å². The predicted molar refractivity (Wildman–Crippen MR) is 129 cm³/mol. The SMILES string of the molecule is C=C=C(C(=C)/C=C\C=C(/C)C1CCN(C)CC1)N1CCC(Cc2ccccc2F)CC1. The van der Waals surface area contributed by atoms with E-state index in [4.69, 9.17) is 0 Å². The van der Waals surface area contributed by atoms with Crippen molar-refractivity contribution in [2.45, 2.75) is 39.0 Å². The Morgan fingerprint density at radius 3 is 2.45 bits per heavy atom. The summed E-state index contributed by atoms with van der Waals surface area (Å²) in [6, 6.07) is 7.14. The Morgan fingerprint density at radius 2 is 1.81 bits per heavy atom. The number of hydrogen-bond donors (Lipinski definition) is 0. The highest BCUT2D eigenvalue weighted by molar-refractivity contribution is 5.37. The Labute approximate surface area is 188 Å². The molecule has 0 amide bonds. The van der Waals surface area contributed by atoms with Crippen molar-refractivity contribution in [2.24, 2.45) is 11.8 Å². The molecule has 0 radical (unpaired) electrons. The number of allylic oxidation sites excluding steroid dienone is 4. The lowest BCUT2D eigenvalue weighted by molar-refractivity contribution is 0.229. The number of piperidine rings is 2.